The maximum atomic E-state index is 13.1. The minimum Gasteiger partial charge on any atom is -0.507 e. The first-order valence-electron chi connectivity index (χ1n) is 9.20. The number of phenolic OH excluding ortho intramolecular Hbond substituents is 1. The van der Waals surface area contributed by atoms with Gasteiger partial charge in [0.1, 0.15) is 5.75 Å². The number of phenols is 1. The van der Waals surface area contributed by atoms with Gasteiger partial charge in [-0.25, -0.2) is 0 Å². The zero-order valence-corrected chi connectivity index (χ0v) is 15.5. The van der Waals surface area contributed by atoms with Crippen LogP contribution in [0.1, 0.15) is 62.1 Å². The summed E-state index contributed by atoms with van der Waals surface area (Å²) in [5.74, 6) is -0.484. The Hall–Kier alpha value is -2.15. The molecule has 7 heteroatoms. The summed E-state index contributed by atoms with van der Waals surface area (Å²) in [4.78, 5) is 0. The maximum Gasteiger partial charge on any atom is 0.416 e. The highest BCUT2D eigenvalue weighted by molar-refractivity contribution is 5.71. The molecule has 2 rings (SSSR count). The summed E-state index contributed by atoms with van der Waals surface area (Å²) in [7, 11) is 0. The Kier molecular flexibility index (Phi) is 7.18. The monoisotopic (exact) mass is 381 g/mol. The third kappa shape index (κ3) is 5.92. The molecule has 0 saturated heterocycles. The van der Waals surface area contributed by atoms with Crippen LogP contribution in [-0.4, -0.2) is 11.1 Å². The molecule has 4 nitrogen and oxygen atoms in total. The van der Waals surface area contributed by atoms with Gasteiger partial charge in [0.2, 0.25) is 0 Å². The zero-order chi connectivity index (χ0) is 20.0. The second kappa shape index (κ2) is 9.17. The summed E-state index contributed by atoms with van der Waals surface area (Å²) in [6.45, 7) is 5.59. The average Bonchev–Trinajstić information content (AvgIpc) is 2.57. The van der Waals surface area contributed by atoms with Crippen LogP contribution >= 0.6 is 0 Å². The molecule has 0 aliphatic carbocycles. The molecule has 1 aliphatic rings. The molecule has 0 saturated carbocycles. The van der Waals surface area contributed by atoms with Gasteiger partial charge in [-0.05, 0) is 50.3 Å². The summed E-state index contributed by atoms with van der Waals surface area (Å²) in [5, 5.41) is 18.4. The topological polar surface area (TPSA) is 71.0 Å². The van der Waals surface area contributed by atoms with Crippen molar-refractivity contribution in [2.24, 2.45) is 16.0 Å². The third-order valence-electron chi connectivity index (χ3n) is 4.57. The summed E-state index contributed by atoms with van der Waals surface area (Å²) in [6, 6.07) is 1.46. The van der Waals surface area contributed by atoms with E-state index in [4.69, 9.17) is 5.73 Å². The van der Waals surface area contributed by atoms with Gasteiger partial charge < -0.3 is 10.8 Å². The van der Waals surface area contributed by atoms with Crippen LogP contribution in [0.15, 0.2) is 40.7 Å². The molecule has 1 atom stereocenters. The number of halogens is 3. The highest BCUT2D eigenvalue weighted by Crippen LogP contribution is 2.38. The number of allylic oxidation sites excluding steroid dienone is 1. The molecule has 0 radical (unpaired) electrons. The van der Waals surface area contributed by atoms with Crippen molar-refractivity contribution in [3.63, 3.8) is 0 Å². The molecule has 1 aliphatic heterocycles. The number of benzene rings is 1. The number of hydrogen-bond donors (Lipinski definition) is 2. The Labute approximate surface area is 157 Å². The van der Waals surface area contributed by atoms with Crippen molar-refractivity contribution in [1.82, 2.24) is 0 Å². The Bertz CT molecular complexity index is 737. The molecule has 27 heavy (non-hydrogen) atoms. The van der Waals surface area contributed by atoms with E-state index in [9.17, 15) is 18.3 Å². The first-order valence-corrected chi connectivity index (χ1v) is 9.20. The van der Waals surface area contributed by atoms with Crippen LogP contribution in [0.5, 0.6) is 5.75 Å². The van der Waals surface area contributed by atoms with E-state index in [0.717, 1.165) is 44.6 Å². The number of nitrogens with zero attached hydrogens (tertiary/aromatic N) is 2. The van der Waals surface area contributed by atoms with Gasteiger partial charge in [-0.3, -0.25) is 0 Å². The lowest BCUT2D eigenvalue weighted by molar-refractivity contribution is -0.137. The number of aryl methyl sites for hydroxylation is 1. The second-order valence-corrected chi connectivity index (χ2v) is 6.90. The number of rotatable bonds is 1. The summed E-state index contributed by atoms with van der Waals surface area (Å²) < 4.78 is 39.4. The van der Waals surface area contributed by atoms with Crippen LogP contribution in [0.4, 0.5) is 13.2 Å². The maximum absolute atomic E-state index is 13.1. The average molecular weight is 381 g/mol. The van der Waals surface area contributed by atoms with E-state index in [1.54, 1.807) is 6.92 Å². The predicted molar refractivity (Wildman–Crippen MR) is 100 cm³/mol. The number of nitrogens with two attached hydrogens (primary N) is 1. The van der Waals surface area contributed by atoms with E-state index in [2.05, 4.69) is 16.8 Å². The second-order valence-electron chi connectivity index (χ2n) is 6.90. The van der Waals surface area contributed by atoms with E-state index in [1.807, 2.05) is 6.08 Å². The first-order chi connectivity index (χ1) is 12.7. The van der Waals surface area contributed by atoms with Crippen molar-refractivity contribution in [3.05, 3.63) is 47.2 Å². The van der Waals surface area contributed by atoms with Crippen molar-refractivity contribution in [1.29, 1.82) is 0 Å². The van der Waals surface area contributed by atoms with E-state index in [0.29, 0.717) is 23.7 Å². The molecule has 1 heterocycles. The standard InChI is InChI=1S/C20H26F3N3O/c1-13(24)17-10-8-6-4-3-5-7-9-15-11-16(20(21,22)23)12-18(27)19(15)14(2)25-26-17/h10-13,27H,2-9,24H2,1H3/b17-10-,26-25?. The molecular formula is C20H26F3N3O. The third-order valence-corrected chi connectivity index (χ3v) is 4.57. The van der Waals surface area contributed by atoms with E-state index in [-0.39, 0.29) is 17.3 Å². The molecule has 0 amide bonds. The van der Waals surface area contributed by atoms with Crippen LogP contribution in [0.25, 0.3) is 5.70 Å². The number of fused-ring (bicyclic) bond motifs is 1. The smallest absolute Gasteiger partial charge is 0.416 e. The molecular weight excluding hydrogens is 355 g/mol. The Morgan fingerprint density at radius 3 is 2.44 bits per heavy atom. The van der Waals surface area contributed by atoms with E-state index in [1.165, 1.54) is 0 Å². The molecule has 148 valence electrons. The lowest BCUT2D eigenvalue weighted by atomic mass is 9.95. The Morgan fingerprint density at radius 1 is 1.11 bits per heavy atom. The van der Waals surface area contributed by atoms with Gasteiger partial charge in [0.05, 0.1) is 17.0 Å². The van der Waals surface area contributed by atoms with Gasteiger partial charge >= 0.3 is 6.18 Å². The Morgan fingerprint density at radius 2 is 1.78 bits per heavy atom. The summed E-state index contributed by atoms with van der Waals surface area (Å²) in [5.41, 5.74) is 6.36. The van der Waals surface area contributed by atoms with Crippen molar-refractivity contribution in [2.45, 2.75) is 64.1 Å². The largest absolute Gasteiger partial charge is 0.507 e. The molecule has 1 aromatic carbocycles. The minimum atomic E-state index is -4.53. The van der Waals surface area contributed by atoms with E-state index < -0.39 is 17.5 Å². The van der Waals surface area contributed by atoms with Crippen LogP contribution < -0.4 is 5.73 Å². The van der Waals surface area contributed by atoms with Gasteiger partial charge in [0, 0.05) is 11.6 Å². The molecule has 0 spiro atoms. The van der Waals surface area contributed by atoms with Crippen molar-refractivity contribution in [2.75, 3.05) is 0 Å². The van der Waals surface area contributed by atoms with E-state index >= 15 is 0 Å². The number of azo groups is 1. The van der Waals surface area contributed by atoms with Gasteiger partial charge in [0.25, 0.3) is 0 Å². The number of hydrogen-bond acceptors (Lipinski definition) is 4. The fraction of sp³-hybridized carbons (Fsp3) is 0.500. The van der Waals surface area contributed by atoms with Crippen LogP contribution in [0.2, 0.25) is 0 Å². The Balaban J connectivity index is 2.47. The summed E-state index contributed by atoms with van der Waals surface area (Å²) in [6.07, 6.45) is 3.35. The molecule has 1 aromatic rings. The lowest BCUT2D eigenvalue weighted by Gasteiger charge is -2.16. The van der Waals surface area contributed by atoms with Crippen LogP contribution in [0.3, 0.4) is 0 Å². The summed E-state index contributed by atoms with van der Waals surface area (Å²) >= 11 is 0. The van der Waals surface area contributed by atoms with Crippen molar-refractivity contribution >= 4 is 5.70 Å². The predicted octanol–water partition coefficient (Wildman–Crippen LogP) is 5.96. The van der Waals surface area contributed by atoms with Crippen molar-refractivity contribution in [3.8, 4) is 5.75 Å². The van der Waals surface area contributed by atoms with Gasteiger partial charge in [0.15, 0.2) is 0 Å². The molecule has 0 fully saturated rings. The van der Waals surface area contributed by atoms with Crippen molar-refractivity contribution < 1.29 is 18.3 Å². The number of alkyl halides is 3. The van der Waals surface area contributed by atoms with Gasteiger partial charge in [-0.2, -0.15) is 23.4 Å². The lowest BCUT2D eigenvalue weighted by Crippen LogP contribution is -2.16. The minimum absolute atomic E-state index is 0.125. The highest BCUT2D eigenvalue weighted by atomic mass is 19.4. The molecule has 3 N–H and O–H groups in total. The fourth-order valence-electron chi connectivity index (χ4n) is 3.11. The normalized spacial score (nSPS) is 20.3. The molecule has 0 aromatic heterocycles. The first kappa shape index (κ1) is 21.2. The van der Waals surface area contributed by atoms with Crippen LogP contribution in [0, 0.1) is 0 Å². The number of aromatic hydroxyl groups is 1. The van der Waals surface area contributed by atoms with Gasteiger partial charge in [-0.1, -0.05) is 31.9 Å². The molecule has 0 bridgehead atoms. The fourth-order valence-corrected chi connectivity index (χ4v) is 3.11. The zero-order valence-electron chi connectivity index (χ0n) is 15.5. The molecule has 1 unspecified atom stereocenters. The van der Waals surface area contributed by atoms with Gasteiger partial charge in [-0.15, -0.1) is 0 Å². The highest BCUT2D eigenvalue weighted by Gasteiger charge is 2.32. The SMILES string of the molecule is C=C1N=N/C(C(C)N)=C\CCCCCCCc2cc(C(F)(F)F)cc(O)c21. The van der Waals surface area contributed by atoms with Crippen LogP contribution in [-0.2, 0) is 12.6 Å². The quantitative estimate of drug-likeness (QED) is 0.630.